The number of rotatable bonds is 5. The smallest absolute Gasteiger partial charge is 0.136 e. The normalized spacial score (nSPS) is 14.2. The van der Waals surface area contributed by atoms with Gasteiger partial charge in [0.2, 0.25) is 0 Å². The Bertz CT molecular complexity index is 4350. The maximum Gasteiger partial charge on any atom is 0.136 e. The van der Waals surface area contributed by atoms with Crippen molar-refractivity contribution in [1.82, 2.24) is 0 Å². The Morgan fingerprint density at radius 2 is 0.718 bits per heavy atom. The third-order valence-corrected chi connectivity index (χ3v) is 17.1. The number of hydrogen-bond donors (Lipinski definition) is 1. The van der Waals surface area contributed by atoms with Crippen molar-refractivity contribution in [3.05, 3.63) is 277 Å². The molecular weight excluding hydrogens is 943 g/mol. The molecule has 0 fully saturated rings. The molecule has 0 unspecified atom stereocenters. The molecule has 3 aliphatic rings. The Kier molecular flexibility index (Phi) is 11.6. The van der Waals surface area contributed by atoms with Crippen LogP contribution in [0.2, 0.25) is 0 Å². The second kappa shape index (κ2) is 18.6. The molecule has 0 atom stereocenters. The number of hydrogen-bond acceptors (Lipinski definition) is 2. The minimum absolute atomic E-state index is 0.0192. The van der Waals surface area contributed by atoms with Gasteiger partial charge in [0.1, 0.15) is 11.2 Å². The maximum atomic E-state index is 6.10. The molecule has 0 amide bonds. The summed E-state index contributed by atoms with van der Waals surface area (Å²) in [6.45, 7) is 19.3. The first-order valence-corrected chi connectivity index (χ1v) is 27.5. The van der Waals surface area contributed by atoms with E-state index in [1.807, 2.05) is 19.1 Å². The van der Waals surface area contributed by atoms with Crippen LogP contribution in [0.4, 0.5) is 11.4 Å². The molecule has 15 rings (SSSR count). The monoisotopic (exact) mass is 1010 g/mol. The number of allylic oxidation sites excluding steroid dienone is 1. The molecule has 0 saturated carbocycles. The van der Waals surface area contributed by atoms with Crippen LogP contribution in [0.3, 0.4) is 0 Å². The van der Waals surface area contributed by atoms with Gasteiger partial charge in [0.25, 0.3) is 0 Å². The maximum absolute atomic E-state index is 6.10. The molecule has 2 nitrogen and oxygen atoms in total. The highest BCUT2D eigenvalue weighted by Gasteiger charge is 2.38. The topological polar surface area (TPSA) is 25.2 Å². The number of benzene rings is 11. The Hall–Kier alpha value is -8.98. The zero-order valence-electron chi connectivity index (χ0n) is 45.6. The van der Waals surface area contributed by atoms with Crippen molar-refractivity contribution in [1.29, 1.82) is 0 Å². The van der Waals surface area contributed by atoms with E-state index in [9.17, 15) is 0 Å². The fourth-order valence-corrected chi connectivity index (χ4v) is 12.9. The lowest BCUT2D eigenvalue weighted by Gasteiger charge is -2.24. The summed E-state index contributed by atoms with van der Waals surface area (Å²) in [6.07, 6.45) is 1.75. The van der Waals surface area contributed by atoms with Gasteiger partial charge in [-0.2, -0.15) is 0 Å². The van der Waals surface area contributed by atoms with Gasteiger partial charge < -0.3 is 9.73 Å². The van der Waals surface area contributed by atoms with Crippen LogP contribution in [0.5, 0.6) is 0 Å². The predicted molar refractivity (Wildman–Crippen MR) is 332 cm³/mol. The van der Waals surface area contributed by atoms with Crippen LogP contribution in [-0.2, 0) is 16.2 Å². The number of anilines is 2. The van der Waals surface area contributed by atoms with Crippen molar-refractivity contribution in [3.63, 3.8) is 0 Å². The van der Waals surface area contributed by atoms with Crippen LogP contribution in [0, 0.1) is 0 Å². The number of para-hydroxylation sites is 1. The molecule has 78 heavy (non-hydrogen) atoms. The molecule has 1 N–H and O–H groups in total. The van der Waals surface area contributed by atoms with E-state index >= 15 is 0 Å². The molecule has 0 saturated heterocycles. The van der Waals surface area contributed by atoms with Crippen LogP contribution >= 0.6 is 0 Å². The lowest BCUT2D eigenvalue weighted by atomic mass is 9.81. The molecule has 1 heterocycles. The molecule has 0 radical (unpaired) electrons. The lowest BCUT2D eigenvalue weighted by Crippen LogP contribution is -2.15. The second-order valence-corrected chi connectivity index (χ2v) is 23.0. The van der Waals surface area contributed by atoms with E-state index in [-0.39, 0.29) is 16.2 Å². The van der Waals surface area contributed by atoms with Crippen molar-refractivity contribution in [2.75, 3.05) is 5.32 Å². The fourth-order valence-electron chi connectivity index (χ4n) is 12.9. The molecule has 378 valence electrons. The molecule has 12 aromatic rings. The van der Waals surface area contributed by atoms with Gasteiger partial charge in [-0.15, -0.1) is 6.58 Å². The summed E-state index contributed by atoms with van der Waals surface area (Å²) in [4.78, 5) is 0. The van der Waals surface area contributed by atoms with Gasteiger partial charge in [0, 0.05) is 38.4 Å². The summed E-state index contributed by atoms with van der Waals surface area (Å²) in [5, 5.41) is 8.69. The van der Waals surface area contributed by atoms with Crippen molar-refractivity contribution >= 4 is 44.1 Å². The first kappa shape index (κ1) is 48.6. The molecule has 2 heteroatoms. The third kappa shape index (κ3) is 8.01. The SMILES string of the molecule is C=CC.CC1(C)c2cc(Nc3ccc4c(c3)C(C)(C)c3cc(-c5ccc6ccccc6c5)ccc3-4)ccc2-c2ccc(-c3ccccc3)cc21.CC1(C)c2ccccc2-c2ccc(-c3ccc4c(c3)oc3ccccc34)cc21. The molecule has 1 aromatic heterocycles. The van der Waals surface area contributed by atoms with Gasteiger partial charge in [0.15, 0.2) is 0 Å². The van der Waals surface area contributed by atoms with Crippen LogP contribution in [0.1, 0.15) is 81.8 Å². The van der Waals surface area contributed by atoms with Gasteiger partial charge in [-0.1, -0.05) is 211 Å². The molecule has 0 spiro atoms. The Balaban J connectivity index is 0.000000158. The first-order valence-electron chi connectivity index (χ1n) is 27.5. The van der Waals surface area contributed by atoms with Crippen molar-refractivity contribution < 1.29 is 4.42 Å². The Morgan fingerprint density at radius 3 is 1.32 bits per heavy atom. The average Bonchev–Trinajstić information content (AvgIpc) is 4.15. The lowest BCUT2D eigenvalue weighted by molar-refractivity contribution is 0.660. The standard InChI is InChI=1S/C46H37N.C27H20O.C3H6/c1-45(2)41-25-33(29-10-6-5-7-11-29)16-20-37(41)39-22-18-35(27-43(39)45)47-36-19-23-40-38-21-17-34(26-42(38)46(3,4)44(40)28-36)32-15-14-30-12-8-9-13-31(30)24-32;1-27(2)23-9-5-3-7-19(23)20-13-11-17(15-24(20)27)18-12-14-22-21-8-4-6-10-25(21)28-26(22)16-18;1-3-2/h5-28,47H,1-4H3;3-16H,1-2H3;3H,1H2,2H3. The van der Waals surface area contributed by atoms with Gasteiger partial charge >= 0.3 is 0 Å². The highest BCUT2D eigenvalue weighted by Crippen LogP contribution is 2.53. The van der Waals surface area contributed by atoms with E-state index in [0.717, 1.165) is 22.5 Å². The molecule has 3 aliphatic carbocycles. The summed E-state index contributed by atoms with van der Waals surface area (Å²) >= 11 is 0. The van der Waals surface area contributed by atoms with E-state index in [2.05, 4.69) is 272 Å². The third-order valence-electron chi connectivity index (χ3n) is 17.1. The largest absolute Gasteiger partial charge is 0.456 e. The highest BCUT2D eigenvalue weighted by atomic mass is 16.3. The zero-order chi connectivity index (χ0) is 53.5. The predicted octanol–water partition coefficient (Wildman–Crippen LogP) is 21.3. The van der Waals surface area contributed by atoms with Crippen molar-refractivity contribution in [2.24, 2.45) is 0 Å². The minimum atomic E-state index is -0.104. The van der Waals surface area contributed by atoms with E-state index in [0.29, 0.717) is 0 Å². The summed E-state index contributed by atoms with van der Waals surface area (Å²) in [5.74, 6) is 0. The number of nitrogens with one attached hydrogen (secondary N) is 1. The van der Waals surface area contributed by atoms with Gasteiger partial charge in [0.05, 0.1) is 0 Å². The van der Waals surface area contributed by atoms with Crippen LogP contribution in [-0.4, -0.2) is 0 Å². The number of furan rings is 1. The Morgan fingerprint density at radius 1 is 0.321 bits per heavy atom. The van der Waals surface area contributed by atoms with E-state index in [4.69, 9.17) is 4.42 Å². The molecule has 11 aromatic carbocycles. The van der Waals surface area contributed by atoms with E-state index in [1.165, 1.54) is 122 Å². The molecule has 0 bridgehead atoms. The van der Waals surface area contributed by atoms with Gasteiger partial charge in [-0.3, -0.25) is 0 Å². The summed E-state index contributed by atoms with van der Waals surface area (Å²) in [6, 6.07) is 84.3. The van der Waals surface area contributed by atoms with Gasteiger partial charge in [-0.05, 0) is 185 Å². The molecule has 0 aliphatic heterocycles. The van der Waals surface area contributed by atoms with Crippen LogP contribution in [0.25, 0.3) is 99.5 Å². The van der Waals surface area contributed by atoms with Crippen LogP contribution in [0.15, 0.2) is 248 Å². The number of fused-ring (bicyclic) bond motifs is 13. The minimum Gasteiger partial charge on any atom is -0.456 e. The fraction of sp³-hybridized carbons (Fsp3) is 0.132. The molecular formula is C76H63NO. The van der Waals surface area contributed by atoms with Crippen molar-refractivity contribution in [3.8, 4) is 66.8 Å². The van der Waals surface area contributed by atoms with Crippen molar-refractivity contribution in [2.45, 2.75) is 64.7 Å². The summed E-state index contributed by atoms with van der Waals surface area (Å²) < 4.78 is 6.10. The average molecular weight is 1010 g/mol. The second-order valence-electron chi connectivity index (χ2n) is 23.0. The first-order chi connectivity index (χ1) is 37.8. The Labute approximate surface area is 459 Å². The van der Waals surface area contributed by atoms with E-state index < -0.39 is 0 Å². The van der Waals surface area contributed by atoms with E-state index in [1.54, 1.807) is 6.08 Å². The summed E-state index contributed by atoms with van der Waals surface area (Å²) in [7, 11) is 0. The zero-order valence-corrected chi connectivity index (χ0v) is 45.6. The van der Waals surface area contributed by atoms with Crippen LogP contribution < -0.4 is 5.32 Å². The van der Waals surface area contributed by atoms with Gasteiger partial charge in [-0.25, -0.2) is 0 Å². The highest BCUT2D eigenvalue weighted by molar-refractivity contribution is 6.06. The summed E-state index contributed by atoms with van der Waals surface area (Å²) in [5.41, 5.74) is 27.9. The quantitative estimate of drug-likeness (QED) is 0.174.